The summed E-state index contributed by atoms with van der Waals surface area (Å²) < 4.78 is 0. The zero-order chi connectivity index (χ0) is 16.2. The van der Waals surface area contributed by atoms with Gasteiger partial charge in [0.2, 0.25) is 5.91 Å². The number of likely N-dealkylation sites (N-methyl/N-ethyl adjacent to an activating group) is 1. The lowest BCUT2D eigenvalue weighted by Gasteiger charge is -2.33. The fraction of sp³-hybridized carbons (Fsp3) is 0.647. The summed E-state index contributed by atoms with van der Waals surface area (Å²) >= 11 is 1.41. The van der Waals surface area contributed by atoms with Crippen LogP contribution in [0.15, 0.2) is 17.5 Å². The van der Waals surface area contributed by atoms with Crippen molar-refractivity contribution in [1.29, 1.82) is 0 Å². The SMILES string of the molecule is CN(CC(=O)N1CCC(NCC2CC2)CC1)C(=O)c1cccs1.Cl. The zero-order valence-corrected chi connectivity index (χ0v) is 15.7. The van der Waals surface area contributed by atoms with Crippen LogP contribution >= 0.6 is 23.7 Å². The van der Waals surface area contributed by atoms with E-state index in [1.165, 1.54) is 29.1 Å². The average molecular weight is 372 g/mol. The number of piperidine rings is 1. The summed E-state index contributed by atoms with van der Waals surface area (Å²) in [5.74, 6) is 0.874. The molecule has 0 atom stereocenters. The Bertz CT molecular complexity index is 540. The van der Waals surface area contributed by atoms with Gasteiger partial charge in [0.1, 0.15) is 0 Å². The van der Waals surface area contributed by atoms with Gasteiger partial charge in [0.05, 0.1) is 11.4 Å². The molecule has 1 saturated carbocycles. The summed E-state index contributed by atoms with van der Waals surface area (Å²) in [5, 5.41) is 5.50. The van der Waals surface area contributed by atoms with Gasteiger partial charge in [-0.05, 0) is 49.6 Å². The van der Waals surface area contributed by atoms with Crippen LogP contribution < -0.4 is 5.32 Å². The number of carbonyl (C=O) groups is 2. The van der Waals surface area contributed by atoms with Crippen LogP contribution in [0.2, 0.25) is 0 Å². The summed E-state index contributed by atoms with van der Waals surface area (Å²) in [6, 6.07) is 4.20. The lowest BCUT2D eigenvalue weighted by Crippen LogP contribution is -2.48. The molecule has 1 aromatic heterocycles. The number of thiophene rings is 1. The fourth-order valence-corrected chi connectivity index (χ4v) is 3.67. The fourth-order valence-electron chi connectivity index (χ4n) is 2.95. The Balaban J connectivity index is 0.00000208. The number of hydrogen-bond donors (Lipinski definition) is 1. The lowest BCUT2D eigenvalue weighted by molar-refractivity contribution is -0.132. The van der Waals surface area contributed by atoms with Gasteiger partial charge in [0, 0.05) is 26.2 Å². The van der Waals surface area contributed by atoms with Crippen LogP contribution in [0.3, 0.4) is 0 Å². The average Bonchev–Trinajstić information content (AvgIpc) is 3.24. The van der Waals surface area contributed by atoms with Gasteiger partial charge in [-0.15, -0.1) is 23.7 Å². The van der Waals surface area contributed by atoms with Crippen LogP contribution in [0.5, 0.6) is 0 Å². The van der Waals surface area contributed by atoms with E-state index < -0.39 is 0 Å². The molecule has 1 saturated heterocycles. The smallest absolute Gasteiger partial charge is 0.264 e. The first-order chi connectivity index (χ1) is 11.1. The van der Waals surface area contributed by atoms with Gasteiger partial charge >= 0.3 is 0 Å². The van der Waals surface area contributed by atoms with Crippen LogP contribution in [-0.4, -0.2) is 60.9 Å². The molecule has 2 fully saturated rings. The molecule has 0 bridgehead atoms. The normalized spacial score (nSPS) is 18.1. The molecular weight excluding hydrogens is 346 g/mol. The van der Waals surface area contributed by atoms with E-state index in [2.05, 4.69) is 5.32 Å². The molecule has 1 aromatic rings. The minimum atomic E-state index is -0.0747. The van der Waals surface area contributed by atoms with Crippen molar-refractivity contribution in [1.82, 2.24) is 15.1 Å². The van der Waals surface area contributed by atoms with Gasteiger partial charge in [-0.3, -0.25) is 9.59 Å². The number of nitrogens with one attached hydrogen (secondary N) is 1. The molecule has 1 aliphatic heterocycles. The third kappa shape index (κ3) is 5.19. The quantitative estimate of drug-likeness (QED) is 0.834. The van der Waals surface area contributed by atoms with Crippen molar-refractivity contribution in [3.63, 3.8) is 0 Å². The van der Waals surface area contributed by atoms with E-state index in [0.29, 0.717) is 10.9 Å². The van der Waals surface area contributed by atoms with Crippen molar-refractivity contribution in [3.8, 4) is 0 Å². The second-order valence-electron chi connectivity index (χ2n) is 6.65. The molecule has 1 aliphatic carbocycles. The van der Waals surface area contributed by atoms with Gasteiger partial charge in [-0.25, -0.2) is 0 Å². The minimum absolute atomic E-state index is 0. The van der Waals surface area contributed by atoms with Gasteiger partial charge in [-0.2, -0.15) is 0 Å². The maximum Gasteiger partial charge on any atom is 0.264 e. The van der Waals surface area contributed by atoms with Crippen molar-refractivity contribution in [2.75, 3.05) is 33.2 Å². The molecule has 2 aliphatic rings. The summed E-state index contributed by atoms with van der Waals surface area (Å²) in [6.45, 7) is 2.89. The standard InChI is InChI=1S/C17H25N3O2S.ClH/c1-19(17(22)15-3-2-10-23-15)12-16(21)20-8-6-14(7-9-20)18-11-13-4-5-13;/h2-3,10,13-14,18H,4-9,11-12H2,1H3;1H. The minimum Gasteiger partial charge on any atom is -0.341 e. The molecule has 0 radical (unpaired) electrons. The first kappa shape index (κ1) is 19.2. The van der Waals surface area contributed by atoms with Crippen LogP contribution in [0.4, 0.5) is 0 Å². The number of likely N-dealkylation sites (tertiary alicyclic amines) is 1. The van der Waals surface area contributed by atoms with Crippen LogP contribution in [-0.2, 0) is 4.79 Å². The highest BCUT2D eigenvalue weighted by atomic mass is 35.5. The monoisotopic (exact) mass is 371 g/mol. The molecule has 1 N–H and O–H groups in total. The molecule has 2 heterocycles. The third-order valence-electron chi connectivity index (χ3n) is 4.69. The second kappa shape index (κ2) is 8.83. The number of carbonyl (C=O) groups excluding carboxylic acids is 2. The Labute approximate surface area is 153 Å². The lowest BCUT2D eigenvalue weighted by atomic mass is 10.0. The Morgan fingerprint density at radius 3 is 2.58 bits per heavy atom. The summed E-state index contributed by atoms with van der Waals surface area (Å²) in [6.07, 6.45) is 4.77. The molecule has 0 aromatic carbocycles. The maximum absolute atomic E-state index is 12.4. The third-order valence-corrected chi connectivity index (χ3v) is 5.55. The molecule has 134 valence electrons. The second-order valence-corrected chi connectivity index (χ2v) is 7.59. The van der Waals surface area contributed by atoms with Crippen LogP contribution in [0.1, 0.15) is 35.4 Å². The first-order valence-electron chi connectivity index (χ1n) is 8.43. The van der Waals surface area contributed by atoms with E-state index >= 15 is 0 Å². The van der Waals surface area contributed by atoms with E-state index in [-0.39, 0.29) is 30.8 Å². The van der Waals surface area contributed by atoms with Gasteiger partial charge in [0.25, 0.3) is 5.91 Å². The predicted molar refractivity (Wildman–Crippen MR) is 98.9 cm³/mol. The Hall–Kier alpha value is -1.11. The number of nitrogens with zero attached hydrogens (tertiary/aromatic N) is 2. The maximum atomic E-state index is 12.4. The summed E-state index contributed by atoms with van der Waals surface area (Å²) in [7, 11) is 1.70. The molecule has 3 rings (SSSR count). The van der Waals surface area contributed by atoms with Crippen LogP contribution in [0, 0.1) is 5.92 Å². The molecule has 0 spiro atoms. The van der Waals surface area contributed by atoms with Crippen molar-refractivity contribution in [2.45, 2.75) is 31.7 Å². The highest BCUT2D eigenvalue weighted by Gasteiger charge is 2.27. The number of halogens is 1. The molecule has 0 unspecified atom stereocenters. The van der Waals surface area contributed by atoms with Crippen molar-refractivity contribution in [2.24, 2.45) is 5.92 Å². The highest BCUT2D eigenvalue weighted by molar-refractivity contribution is 7.12. The summed E-state index contributed by atoms with van der Waals surface area (Å²) in [4.78, 5) is 28.7. The van der Waals surface area contributed by atoms with Crippen LogP contribution in [0.25, 0.3) is 0 Å². The van der Waals surface area contributed by atoms with Gasteiger partial charge in [0.15, 0.2) is 0 Å². The molecular formula is C17H26ClN3O2S. The van der Waals surface area contributed by atoms with Gasteiger partial charge < -0.3 is 15.1 Å². The largest absolute Gasteiger partial charge is 0.341 e. The predicted octanol–water partition coefficient (Wildman–Crippen LogP) is 2.23. The topological polar surface area (TPSA) is 52.7 Å². The Morgan fingerprint density at radius 1 is 1.29 bits per heavy atom. The molecule has 2 amide bonds. The van der Waals surface area contributed by atoms with Gasteiger partial charge in [-0.1, -0.05) is 6.07 Å². The number of amides is 2. The van der Waals surface area contributed by atoms with E-state index in [1.54, 1.807) is 13.1 Å². The molecule has 5 nitrogen and oxygen atoms in total. The van der Waals surface area contributed by atoms with Crippen molar-refractivity contribution in [3.05, 3.63) is 22.4 Å². The molecule has 7 heteroatoms. The van der Waals surface area contributed by atoms with E-state index in [0.717, 1.165) is 38.4 Å². The zero-order valence-electron chi connectivity index (χ0n) is 14.1. The van der Waals surface area contributed by atoms with E-state index in [9.17, 15) is 9.59 Å². The summed E-state index contributed by atoms with van der Waals surface area (Å²) in [5.41, 5.74) is 0. The molecule has 24 heavy (non-hydrogen) atoms. The van der Waals surface area contributed by atoms with Crippen molar-refractivity contribution < 1.29 is 9.59 Å². The number of rotatable bonds is 6. The van der Waals surface area contributed by atoms with E-state index in [1.807, 2.05) is 16.3 Å². The number of hydrogen-bond acceptors (Lipinski definition) is 4. The Morgan fingerprint density at radius 2 is 2.00 bits per heavy atom. The first-order valence-corrected chi connectivity index (χ1v) is 9.31. The highest BCUT2D eigenvalue weighted by Crippen LogP contribution is 2.28. The van der Waals surface area contributed by atoms with Crippen molar-refractivity contribution >= 4 is 35.6 Å². The Kier molecular flexibility index (Phi) is 7.07. The van der Waals surface area contributed by atoms with E-state index in [4.69, 9.17) is 0 Å².